The quantitative estimate of drug-likeness (QED) is 0.815. The van der Waals surface area contributed by atoms with E-state index in [1.54, 1.807) is 0 Å². The Hall–Kier alpha value is 0.140. The molecule has 1 aromatic heterocycles. The maximum Gasteiger partial charge on any atom is 0.0701 e. The van der Waals surface area contributed by atoms with Crippen LogP contribution in [0.5, 0.6) is 0 Å². The molecule has 1 nitrogen and oxygen atoms in total. The fraction of sp³-hybridized carbons (Fsp3) is 0.714. The lowest BCUT2D eigenvalue weighted by atomic mass is 9.75. The van der Waals surface area contributed by atoms with Crippen LogP contribution in [0.15, 0.2) is 15.9 Å². The fourth-order valence-electron chi connectivity index (χ4n) is 2.56. The number of hydrogen-bond acceptors (Lipinski definition) is 2. The van der Waals surface area contributed by atoms with Crippen LogP contribution in [0.2, 0.25) is 0 Å². The summed E-state index contributed by atoms with van der Waals surface area (Å²) in [7, 11) is 0. The molecule has 1 fully saturated rings. The average Bonchev–Trinajstić information content (AvgIpc) is 2.68. The molecule has 0 amide bonds. The topological polar surface area (TPSA) is 12.0 Å². The first kappa shape index (κ1) is 13.6. The highest BCUT2D eigenvalue weighted by Crippen LogP contribution is 2.36. The van der Waals surface area contributed by atoms with Gasteiger partial charge in [0.2, 0.25) is 0 Å². The SMILES string of the molecule is CC(NC1CCC(C)(C)CC1)c1ccc(Br)s1. The molecule has 1 aliphatic rings. The maximum atomic E-state index is 3.78. The van der Waals surface area contributed by atoms with E-state index >= 15 is 0 Å². The van der Waals surface area contributed by atoms with Gasteiger partial charge in [-0.25, -0.2) is 0 Å². The van der Waals surface area contributed by atoms with Gasteiger partial charge >= 0.3 is 0 Å². The molecule has 0 aliphatic heterocycles. The van der Waals surface area contributed by atoms with E-state index in [-0.39, 0.29) is 0 Å². The molecular formula is C14H22BrNS. The van der Waals surface area contributed by atoms with Gasteiger partial charge in [0.05, 0.1) is 3.79 Å². The minimum absolute atomic E-state index is 0.484. The van der Waals surface area contributed by atoms with E-state index in [9.17, 15) is 0 Å². The highest BCUT2D eigenvalue weighted by molar-refractivity contribution is 9.11. The number of nitrogens with one attached hydrogen (secondary N) is 1. The summed E-state index contributed by atoms with van der Waals surface area (Å²) in [5.41, 5.74) is 0.563. The summed E-state index contributed by atoms with van der Waals surface area (Å²) >= 11 is 5.37. The highest BCUT2D eigenvalue weighted by atomic mass is 79.9. The number of thiophene rings is 1. The van der Waals surface area contributed by atoms with Gasteiger partial charge in [0.1, 0.15) is 0 Å². The molecule has 0 spiro atoms. The molecule has 1 heterocycles. The van der Waals surface area contributed by atoms with Crippen LogP contribution in [-0.2, 0) is 0 Å². The third kappa shape index (κ3) is 3.80. The Morgan fingerprint density at radius 1 is 1.35 bits per heavy atom. The van der Waals surface area contributed by atoms with E-state index in [4.69, 9.17) is 0 Å². The standard InChI is InChI=1S/C14H22BrNS/c1-10(12-4-5-13(15)17-12)16-11-6-8-14(2,3)9-7-11/h4-5,10-11,16H,6-9H2,1-3H3. The van der Waals surface area contributed by atoms with Gasteiger partial charge in [-0.15, -0.1) is 11.3 Å². The monoisotopic (exact) mass is 315 g/mol. The van der Waals surface area contributed by atoms with E-state index < -0.39 is 0 Å². The number of halogens is 1. The summed E-state index contributed by atoms with van der Waals surface area (Å²) in [4.78, 5) is 1.43. The number of rotatable bonds is 3. The second kappa shape index (κ2) is 5.41. The Morgan fingerprint density at radius 2 is 2.00 bits per heavy atom. The molecule has 1 atom stereocenters. The van der Waals surface area contributed by atoms with E-state index in [2.05, 4.69) is 54.2 Å². The molecule has 0 bridgehead atoms. The summed E-state index contributed by atoms with van der Waals surface area (Å²) in [6.45, 7) is 7.06. The average molecular weight is 316 g/mol. The largest absolute Gasteiger partial charge is 0.307 e. The molecule has 1 saturated carbocycles. The van der Waals surface area contributed by atoms with Crippen molar-refractivity contribution in [1.29, 1.82) is 0 Å². The molecular weight excluding hydrogens is 294 g/mol. The van der Waals surface area contributed by atoms with Crippen molar-refractivity contribution >= 4 is 27.3 Å². The highest BCUT2D eigenvalue weighted by Gasteiger charge is 2.27. The fourth-order valence-corrected chi connectivity index (χ4v) is 4.00. The normalized spacial score (nSPS) is 22.6. The van der Waals surface area contributed by atoms with Crippen LogP contribution in [0.3, 0.4) is 0 Å². The van der Waals surface area contributed by atoms with Gasteiger partial charge in [-0.1, -0.05) is 13.8 Å². The van der Waals surface area contributed by atoms with E-state index in [1.165, 1.54) is 34.3 Å². The van der Waals surface area contributed by atoms with Crippen molar-refractivity contribution in [2.45, 2.75) is 58.5 Å². The predicted octanol–water partition coefficient (Wildman–Crippen LogP) is 5.13. The summed E-state index contributed by atoms with van der Waals surface area (Å²) in [6.07, 6.45) is 5.35. The van der Waals surface area contributed by atoms with Crippen molar-refractivity contribution in [3.8, 4) is 0 Å². The maximum absolute atomic E-state index is 3.78. The third-order valence-corrected chi connectivity index (χ3v) is 5.65. The molecule has 1 aliphatic carbocycles. The molecule has 0 radical (unpaired) electrons. The van der Waals surface area contributed by atoms with Crippen LogP contribution in [-0.4, -0.2) is 6.04 Å². The van der Waals surface area contributed by atoms with Crippen molar-refractivity contribution in [2.24, 2.45) is 5.41 Å². The Labute approximate surface area is 117 Å². The van der Waals surface area contributed by atoms with Crippen LogP contribution in [0.1, 0.15) is 57.4 Å². The lowest BCUT2D eigenvalue weighted by Gasteiger charge is -2.35. The first-order valence-corrected chi connectivity index (χ1v) is 8.08. The molecule has 0 saturated heterocycles. The van der Waals surface area contributed by atoms with Crippen molar-refractivity contribution < 1.29 is 0 Å². The predicted molar refractivity (Wildman–Crippen MR) is 79.6 cm³/mol. The number of hydrogen-bond donors (Lipinski definition) is 1. The molecule has 0 aromatic carbocycles. The molecule has 1 aromatic rings. The Balaban J connectivity index is 1.86. The second-order valence-electron chi connectivity index (χ2n) is 5.97. The Bertz CT molecular complexity index is 362. The van der Waals surface area contributed by atoms with Crippen molar-refractivity contribution in [2.75, 3.05) is 0 Å². The lowest BCUT2D eigenvalue weighted by molar-refractivity contribution is 0.200. The van der Waals surface area contributed by atoms with Gasteiger partial charge in [0.25, 0.3) is 0 Å². The molecule has 3 heteroatoms. The van der Waals surface area contributed by atoms with Crippen LogP contribution >= 0.6 is 27.3 Å². The smallest absolute Gasteiger partial charge is 0.0701 e. The van der Waals surface area contributed by atoms with Crippen LogP contribution in [0, 0.1) is 5.41 Å². The van der Waals surface area contributed by atoms with E-state index in [1.807, 2.05) is 11.3 Å². The summed E-state index contributed by atoms with van der Waals surface area (Å²) in [6, 6.07) is 5.55. The van der Waals surface area contributed by atoms with Gasteiger partial charge in [-0.3, -0.25) is 0 Å². The van der Waals surface area contributed by atoms with Gasteiger partial charge in [0.15, 0.2) is 0 Å². The minimum atomic E-state index is 0.484. The summed E-state index contributed by atoms with van der Waals surface area (Å²) in [5.74, 6) is 0. The Morgan fingerprint density at radius 3 is 2.53 bits per heavy atom. The summed E-state index contributed by atoms with van der Waals surface area (Å²) < 4.78 is 1.23. The zero-order chi connectivity index (χ0) is 12.5. The molecule has 96 valence electrons. The first-order chi connectivity index (χ1) is 7.96. The molecule has 2 rings (SSSR count). The van der Waals surface area contributed by atoms with E-state index in [0.717, 1.165) is 0 Å². The first-order valence-electron chi connectivity index (χ1n) is 6.47. The van der Waals surface area contributed by atoms with Crippen LogP contribution < -0.4 is 5.32 Å². The van der Waals surface area contributed by atoms with Gasteiger partial charge < -0.3 is 5.32 Å². The zero-order valence-electron chi connectivity index (χ0n) is 10.9. The van der Waals surface area contributed by atoms with Crippen LogP contribution in [0.4, 0.5) is 0 Å². The van der Waals surface area contributed by atoms with Gasteiger partial charge in [-0.05, 0) is 66.1 Å². The van der Waals surface area contributed by atoms with Crippen molar-refractivity contribution in [3.63, 3.8) is 0 Å². The molecule has 1 N–H and O–H groups in total. The van der Waals surface area contributed by atoms with E-state index in [0.29, 0.717) is 17.5 Å². The Kier molecular flexibility index (Phi) is 4.32. The van der Waals surface area contributed by atoms with Gasteiger partial charge in [-0.2, -0.15) is 0 Å². The summed E-state index contributed by atoms with van der Waals surface area (Å²) in [5, 5.41) is 3.78. The zero-order valence-corrected chi connectivity index (χ0v) is 13.3. The minimum Gasteiger partial charge on any atom is -0.307 e. The van der Waals surface area contributed by atoms with Crippen LogP contribution in [0.25, 0.3) is 0 Å². The molecule has 17 heavy (non-hydrogen) atoms. The van der Waals surface area contributed by atoms with Gasteiger partial charge in [0, 0.05) is 17.0 Å². The lowest BCUT2D eigenvalue weighted by Crippen LogP contribution is -2.36. The third-order valence-electron chi connectivity index (χ3n) is 3.85. The second-order valence-corrected chi connectivity index (χ2v) is 8.46. The van der Waals surface area contributed by atoms with Crippen molar-refractivity contribution in [3.05, 3.63) is 20.8 Å². The van der Waals surface area contributed by atoms with Crippen molar-refractivity contribution in [1.82, 2.24) is 5.32 Å². The molecule has 1 unspecified atom stereocenters.